The molecular formula is C20H26N4O. The van der Waals surface area contributed by atoms with Crippen molar-refractivity contribution in [1.29, 1.82) is 0 Å². The van der Waals surface area contributed by atoms with Gasteiger partial charge in [0.25, 0.3) is 5.91 Å². The Labute approximate surface area is 148 Å². The van der Waals surface area contributed by atoms with E-state index in [1.807, 2.05) is 24.3 Å². The number of hydrogen-bond donors (Lipinski definition) is 2. The first-order valence-electron chi connectivity index (χ1n) is 9.44. The summed E-state index contributed by atoms with van der Waals surface area (Å²) in [6, 6.07) is 8.66. The molecule has 1 amide bonds. The van der Waals surface area contributed by atoms with Gasteiger partial charge in [-0.1, -0.05) is 25.0 Å². The fourth-order valence-corrected chi connectivity index (χ4v) is 4.22. The zero-order valence-electron chi connectivity index (χ0n) is 14.6. The number of hydrogen-bond acceptors (Lipinski definition) is 3. The maximum absolute atomic E-state index is 12.7. The molecule has 2 heterocycles. The average Bonchev–Trinajstić information content (AvgIpc) is 3.36. The minimum atomic E-state index is 0.0201. The van der Waals surface area contributed by atoms with Crippen LogP contribution in [0.1, 0.15) is 48.9 Å². The largest absolute Gasteiger partial charge is 0.348 e. The highest BCUT2D eigenvalue weighted by atomic mass is 16.1. The summed E-state index contributed by atoms with van der Waals surface area (Å²) in [6.07, 6.45) is 11.1. The molecule has 5 nitrogen and oxygen atoms in total. The van der Waals surface area contributed by atoms with Gasteiger partial charge in [0.2, 0.25) is 0 Å². The summed E-state index contributed by atoms with van der Waals surface area (Å²) in [5.74, 6) is 0.811. The maximum atomic E-state index is 12.7. The number of nitrogens with zero attached hydrogens (tertiary/aromatic N) is 2. The third-order valence-corrected chi connectivity index (χ3v) is 5.53. The second kappa shape index (κ2) is 7.40. The lowest BCUT2D eigenvalue weighted by atomic mass is 10.0. The van der Waals surface area contributed by atoms with E-state index in [0.29, 0.717) is 5.56 Å². The van der Waals surface area contributed by atoms with Crippen LogP contribution in [-0.4, -0.2) is 45.9 Å². The SMILES string of the molecule is O=C(NC1CCCN(C2CCCC2)C1)c1cccc(-c2ncc[nH]2)c1. The summed E-state index contributed by atoms with van der Waals surface area (Å²) in [5.41, 5.74) is 1.64. The zero-order chi connectivity index (χ0) is 17.1. The Morgan fingerprint density at radius 1 is 1.20 bits per heavy atom. The number of amides is 1. The number of rotatable bonds is 4. The van der Waals surface area contributed by atoms with Crippen molar-refractivity contribution < 1.29 is 4.79 Å². The highest BCUT2D eigenvalue weighted by molar-refractivity contribution is 5.95. The Kier molecular flexibility index (Phi) is 4.83. The molecule has 1 unspecified atom stereocenters. The van der Waals surface area contributed by atoms with Crippen molar-refractivity contribution in [2.24, 2.45) is 0 Å². The highest BCUT2D eigenvalue weighted by Gasteiger charge is 2.28. The van der Waals surface area contributed by atoms with Crippen molar-refractivity contribution in [3.63, 3.8) is 0 Å². The van der Waals surface area contributed by atoms with Crippen LogP contribution in [0.5, 0.6) is 0 Å². The molecule has 2 N–H and O–H groups in total. The number of H-pyrrole nitrogens is 1. The van der Waals surface area contributed by atoms with E-state index in [4.69, 9.17) is 0 Å². The molecule has 1 atom stereocenters. The summed E-state index contributed by atoms with van der Waals surface area (Å²) in [5, 5.41) is 3.25. The van der Waals surface area contributed by atoms with Crippen molar-refractivity contribution in [3.8, 4) is 11.4 Å². The molecule has 2 aromatic rings. The van der Waals surface area contributed by atoms with Crippen LogP contribution in [0.4, 0.5) is 0 Å². The van der Waals surface area contributed by atoms with Crippen molar-refractivity contribution in [3.05, 3.63) is 42.2 Å². The predicted molar refractivity (Wildman–Crippen MR) is 98.3 cm³/mol. The van der Waals surface area contributed by atoms with Gasteiger partial charge in [0.1, 0.15) is 5.82 Å². The second-order valence-corrected chi connectivity index (χ2v) is 7.26. The number of imidazole rings is 1. The monoisotopic (exact) mass is 338 g/mol. The molecule has 1 saturated heterocycles. The second-order valence-electron chi connectivity index (χ2n) is 7.26. The summed E-state index contributed by atoms with van der Waals surface area (Å²) < 4.78 is 0. The first kappa shape index (κ1) is 16.3. The quantitative estimate of drug-likeness (QED) is 0.900. The molecule has 2 aliphatic rings. The molecular weight excluding hydrogens is 312 g/mol. The van der Waals surface area contributed by atoms with Gasteiger partial charge >= 0.3 is 0 Å². The van der Waals surface area contributed by atoms with E-state index >= 15 is 0 Å². The Bertz CT molecular complexity index is 706. The summed E-state index contributed by atoms with van der Waals surface area (Å²) in [6.45, 7) is 2.18. The Morgan fingerprint density at radius 2 is 2.08 bits per heavy atom. The lowest BCUT2D eigenvalue weighted by Crippen LogP contribution is -2.50. The lowest BCUT2D eigenvalue weighted by Gasteiger charge is -2.37. The van der Waals surface area contributed by atoms with E-state index in [0.717, 1.165) is 30.4 Å². The van der Waals surface area contributed by atoms with Gasteiger partial charge in [-0.05, 0) is 44.4 Å². The first-order chi connectivity index (χ1) is 12.3. The fourth-order valence-electron chi connectivity index (χ4n) is 4.22. The zero-order valence-corrected chi connectivity index (χ0v) is 14.6. The van der Waals surface area contributed by atoms with Crippen LogP contribution >= 0.6 is 0 Å². The summed E-state index contributed by atoms with van der Waals surface area (Å²) in [7, 11) is 0. The molecule has 2 fully saturated rings. The normalized spacial score (nSPS) is 22.2. The van der Waals surface area contributed by atoms with Crippen molar-refractivity contribution in [2.45, 2.75) is 50.6 Å². The van der Waals surface area contributed by atoms with E-state index in [9.17, 15) is 4.79 Å². The smallest absolute Gasteiger partial charge is 0.251 e. The Balaban J connectivity index is 1.40. The molecule has 25 heavy (non-hydrogen) atoms. The number of aromatic amines is 1. The van der Waals surface area contributed by atoms with Crippen molar-refractivity contribution in [2.75, 3.05) is 13.1 Å². The van der Waals surface area contributed by atoms with Crippen LogP contribution in [0.25, 0.3) is 11.4 Å². The van der Waals surface area contributed by atoms with Crippen LogP contribution in [0.2, 0.25) is 0 Å². The van der Waals surface area contributed by atoms with E-state index in [1.54, 1.807) is 12.4 Å². The summed E-state index contributed by atoms with van der Waals surface area (Å²) in [4.78, 5) is 22.7. The standard InChI is InChI=1S/C20H26N4O/c25-20(16-6-3-5-15(13-16)19-21-10-11-22-19)23-17-7-4-12-24(14-17)18-8-1-2-9-18/h3,5-6,10-11,13,17-18H,1-2,4,7-9,12,14H2,(H,21,22)(H,23,25). The highest BCUT2D eigenvalue weighted by Crippen LogP contribution is 2.26. The number of piperidine rings is 1. The van der Waals surface area contributed by atoms with Gasteiger partial charge in [-0.3, -0.25) is 9.69 Å². The predicted octanol–water partition coefficient (Wildman–Crippen LogP) is 3.21. The van der Waals surface area contributed by atoms with Gasteiger partial charge in [-0.25, -0.2) is 4.98 Å². The first-order valence-corrected chi connectivity index (χ1v) is 9.44. The molecule has 132 valence electrons. The molecule has 1 aromatic carbocycles. The molecule has 1 saturated carbocycles. The van der Waals surface area contributed by atoms with Gasteiger partial charge in [0.15, 0.2) is 0 Å². The van der Waals surface area contributed by atoms with Crippen molar-refractivity contribution in [1.82, 2.24) is 20.2 Å². The van der Waals surface area contributed by atoms with Gasteiger partial charge in [0.05, 0.1) is 0 Å². The van der Waals surface area contributed by atoms with Crippen molar-refractivity contribution >= 4 is 5.91 Å². The van der Waals surface area contributed by atoms with Crippen LogP contribution in [0.15, 0.2) is 36.7 Å². The van der Waals surface area contributed by atoms with E-state index in [-0.39, 0.29) is 11.9 Å². The average molecular weight is 338 g/mol. The maximum Gasteiger partial charge on any atom is 0.251 e. The molecule has 0 spiro atoms. The molecule has 0 radical (unpaired) electrons. The number of nitrogens with one attached hydrogen (secondary N) is 2. The number of aromatic nitrogens is 2. The minimum Gasteiger partial charge on any atom is -0.348 e. The van der Waals surface area contributed by atoms with E-state index in [1.165, 1.54) is 38.6 Å². The fraction of sp³-hybridized carbons (Fsp3) is 0.500. The molecule has 5 heteroatoms. The third kappa shape index (κ3) is 3.76. The summed E-state index contributed by atoms with van der Waals surface area (Å²) >= 11 is 0. The molecule has 1 aliphatic carbocycles. The molecule has 0 bridgehead atoms. The molecule has 1 aromatic heterocycles. The van der Waals surface area contributed by atoms with E-state index < -0.39 is 0 Å². The number of benzene rings is 1. The number of carbonyl (C=O) groups excluding carboxylic acids is 1. The van der Waals surface area contributed by atoms with Crippen LogP contribution < -0.4 is 5.32 Å². The molecule has 1 aliphatic heterocycles. The van der Waals surface area contributed by atoms with Gasteiger partial charge in [-0.2, -0.15) is 0 Å². The van der Waals surface area contributed by atoms with Gasteiger partial charge in [-0.15, -0.1) is 0 Å². The number of carbonyl (C=O) groups is 1. The van der Waals surface area contributed by atoms with Gasteiger partial charge < -0.3 is 10.3 Å². The van der Waals surface area contributed by atoms with Gasteiger partial charge in [0, 0.05) is 42.1 Å². The topological polar surface area (TPSA) is 61.0 Å². The van der Waals surface area contributed by atoms with Crippen LogP contribution in [0, 0.1) is 0 Å². The Hall–Kier alpha value is -2.14. The van der Waals surface area contributed by atoms with Crippen LogP contribution in [0.3, 0.4) is 0 Å². The van der Waals surface area contributed by atoms with Crippen LogP contribution in [-0.2, 0) is 0 Å². The lowest BCUT2D eigenvalue weighted by molar-refractivity contribution is 0.0875. The third-order valence-electron chi connectivity index (χ3n) is 5.53. The minimum absolute atomic E-state index is 0.0201. The molecule has 4 rings (SSSR count). The number of likely N-dealkylation sites (tertiary alicyclic amines) is 1. The Morgan fingerprint density at radius 3 is 2.88 bits per heavy atom. The van der Waals surface area contributed by atoms with E-state index in [2.05, 4.69) is 20.2 Å².